The molecule has 1 atom stereocenters. The van der Waals surface area contributed by atoms with Gasteiger partial charge in [0.2, 0.25) is 0 Å². The molecule has 0 spiro atoms. The first-order valence-electron chi connectivity index (χ1n) is 10.2. The van der Waals surface area contributed by atoms with E-state index in [0.29, 0.717) is 5.82 Å². The number of likely N-dealkylation sites (tertiary alicyclic amines) is 1. The number of nitrogens with one attached hydrogen (secondary N) is 1. The summed E-state index contributed by atoms with van der Waals surface area (Å²) in [5.41, 5.74) is 0.0478. The molecule has 1 aliphatic carbocycles. The van der Waals surface area contributed by atoms with E-state index in [1.54, 1.807) is 24.4 Å². The number of anilines is 1. The second-order valence-corrected chi connectivity index (χ2v) is 7.78. The fourth-order valence-electron chi connectivity index (χ4n) is 4.27. The number of amides is 1. The molecule has 1 saturated heterocycles. The Balaban J connectivity index is 1.35. The lowest BCUT2D eigenvalue weighted by atomic mass is 9.93. The minimum absolute atomic E-state index is 0.0478. The van der Waals surface area contributed by atoms with Gasteiger partial charge in [-0.1, -0.05) is 24.3 Å². The van der Waals surface area contributed by atoms with Gasteiger partial charge in [-0.3, -0.25) is 4.79 Å². The predicted molar refractivity (Wildman–Crippen MR) is 108 cm³/mol. The second kappa shape index (κ2) is 8.69. The van der Waals surface area contributed by atoms with Crippen molar-refractivity contribution in [3.63, 3.8) is 0 Å². The van der Waals surface area contributed by atoms with Crippen LogP contribution in [-0.4, -0.2) is 40.2 Å². The summed E-state index contributed by atoms with van der Waals surface area (Å²) < 4.78 is 15.8. The van der Waals surface area contributed by atoms with Crippen molar-refractivity contribution in [2.24, 2.45) is 5.92 Å². The molecular formula is C22H27FN4O. The van der Waals surface area contributed by atoms with E-state index in [1.807, 2.05) is 4.68 Å². The SMILES string of the molecule is O=C(Nc1ccnn1C1CCN(CC2CC=CCC2)CC1)c1ccccc1F. The zero-order valence-corrected chi connectivity index (χ0v) is 16.1. The Morgan fingerprint density at radius 3 is 2.71 bits per heavy atom. The molecule has 6 heteroatoms. The van der Waals surface area contributed by atoms with Crippen LogP contribution in [-0.2, 0) is 0 Å². The summed E-state index contributed by atoms with van der Waals surface area (Å²) in [6, 6.07) is 8.06. The van der Waals surface area contributed by atoms with Crippen molar-refractivity contribution in [3.8, 4) is 0 Å². The van der Waals surface area contributed by atoms with Gasteiger partial charge in [-0.2, -0.15) is 5.10 Å². The molecule has 0 saturated carbocycles. The van der Waals surface area contributed by atoms with Crippen LogP contribution in [0, 0.1) is 11.7 Å². The molecule has 1 unspecified atom stereocenters. The van der Waals surface area contributed by atoms with E-state index in [2.05, 4.69) is 27.5 Å². The van der Waals surface area contributed by atoms with Gasteiger partial charge in [0.25, 0.3) is 5.91 Å². The van der Waals surface area contributed by atoms with Gasteiger partial charge in [-0.25, -0.2) is 9.07 Å². The molecule has 28 heavy (non-hydrogen) atoms. The minimum atomic E-state index is -0.517. The van der Waals surface area contributed by atoms with E-state index in [9.17, 15) is 9.18 Å². The smallest absolute Gasteiger partial charge is 0.259 e. The summed E-state index contributed by atoms with van der Waals surface area (Å²) >= 11 is 0. The van der Waals surface area contributed by atoms with Gasteiger partial charge in [0, 0.05) is 25.7 Å². The zero-order chi connectivity index (χ0) is 19.3. The fourth-order valence-corrected chi connectivity index (χ4v) is 4.27. The molecule has 1 aromatic heterocycles. The van der Waals surface area contributed by atoms with Gasteiger partial charge < -0.3 is 10.2 Å². The van der Waals surface area contributed by atoms with Crippen LogP contribution in [0.4, 0.5) is 10.2 Å². The average Bonchev–Trinajstić information content (AvgIpc) is 3.18. The Kier molecular flexibility index (Phi) is 5.86. The summed E-state index contributed by atoms with van der Waals surface area (Å²) in [6.45, 7) is 3.27. The molecule has 1 N–H and O–H groups in total. The van der Waals surface area contributed by atoms with Gasteiger partial charge in [0.05, 0.1) is 17.8 Å². The predicted octanol–water partition coefficient (Wildman–Crippen LogP) is 4.27. The Bertz CT molecular complexity index is 839. The molecule has 1 amide bonds. The summed E-state index contributed by atoms with van der Waals surface area (Å²) in [5, 5.41) is 7.25. The van der Waals surface area contributed by atoms with Crippen molar-refractivity contribution in [2.45, 2.75) is 38.1 Å². The second-order valence-electron chi connectivity index (χ2n) is 7.78. The third-order valence-corrected chi connectivity index (χ3v) is 5.83. The highest BCUT2D eigenvalue weighted by Gasteiger charge is 2.25. The van der Waals surface area contributed by atoms with Crippen LogP contribution < -0.4 is 5.32 Å². The van der Waals surface area contributed by atoms with E-state index in [4.69, 9.17) is 0 Å². The topological polar surface area (TPSA) is 50.2 Å². The lowest BCUT2D eigenvalue weighted by Crippen LogP contribution is -2.38. The Morgan fingerprint density at radius 2 is 1.96 bits per heavy atom. The monoisotopic (exact) mass is 382 g/mol. The molecule has 1 aromatic carbocycles. The van der Waals surface area contributed by atoms with Crippen LogP contribution in [0.1, 0.15) is 48.5 Å². The summed E-state index contributed by atoms with van der Waals surface area (Å²) in [4.78, 5) is 15.0. The van der Waals surface area contributed by atoms with Crippen molar-refractivity contribution in [1.29, 1.82) is 0 Å². The highest BCUT2D eigenvalue weighted by molar-refractivity contribution is 6.03. The number of allylic oxidation sites excluding steroid dienone is 2. The number of benzene rings is 1. The van der Waals surface area contributed by atoms with E-state index >= 15 is 0 Å². The maximum absolute atomic E-state index is 13.9. The summed E-state index contributed by atoms with van der Waals surface area (Å²) in [5.74, 6) is 0.450. The van der Waals surface area contributed by atoms with Gasteiger partial charge in [-0.15, -0.1) is 0 Å². The first-order chi connectivity index (χ1) is 13.7. The molecule has 2 heterocycles. The van der Waals surface area contributed by atoms with E-state index in [0.717, 1.165) is 31.8 Å². The Hall–Kier alpha value is -2.47. The number of halogens is 1. The molecule has 2 aromatic rings. The first-order valence-corrected chi connectivity index (χ1v) is 10.2. The Morgan fingerprint density at radius 1 is 1.14 bits per heavy atom. The van der Waals surface area contributed by atoms with E-state index in [1.165, 1.54) is 37.9 Å². The van der Waals surface area contributed by atoms with Crippen LogP contribution in [0.15, 0.2) is 48.7 Å². The highest BCUT2D eigenvalue weighted by Crippen LogP contribution is 2.28. The quantitative estimate of drug-likeness (QED) is 0.786. The highest BCUT2D eigenvalue weighted by atomic mass is 19.1. The molecule has 1 fully saturated rings. The largest absolute Gasteiger partial charge is 0.307 e. The van der Waals surface area contributed by atoms with Crippen LogP contribution >= 0.6 is 0 Å². The van der Waals surface area contributed by atoms with Crippen LogP contribution in [0.2, 0.25) is 0 Å². The number of piperidine rings is 1. The van der Waals surface area contributed by atoms with Gasteiger partial charge >= 0.3 is 0 Å². The van der Waals surface area contributed by atoms with E-state index in [-0.39, 0.29) is 11.6 Å². The molecular weight excluding hydrogens is 355 g/mol. The maximum atomic E-state index is 13.9. The summed E-state index contributed by atoms with van der Waals surface area (Å²) in [6.07, 6.45) is 12.0. The number of hydrogen-bond acceptors (Lipinski definition) is 3. The van der Waals surface area contributed by atoms with E-state index < -0.39 is 11.7 Å². The lowest BCUT2D eigenvalue weighted by Gasteiger charge is -2.35. The number of carbonyl (C=O) groups excluding carboxylic acids is 1. The minimum Gasteiger partial charge on any atom is -0.307 e. The first kappa shape index (κ1) is 18.9. The van der Waals surface area contributed by atoms with Crippen LogP contribution in [0.5, 0.6) is 0 Å². The standard InChI is InChI=1S/C22H27FN4O/c23-20-9-5-4-8-19(20)22(28)25-21-10-13-24-27(21)18-11-14-26(15-12-18)16-17-6-2-1-3-7-17/h1-2,4-5,8-10,13,17-18H,3,6-7,11-12,14-16H2,(H,25,28). The van der Waals surface area contributed by atoms with Crippen molar-refractivity contribution < 1.29 is 9.18 Å². The maximum Gasteiger partial charge on any atom is 0.259 e. The van der Waals surface area contributed by atoms with Crippen LogP contribution in [0.25, 0.3) is 0 Å². The van der Waals surface area contributed by atoms with Crippen molar-refractivity contribution >= 4 is 11.7 Å². The molecule has 0 bridgehead atoms. The van der Waals surface area contributed by atoms with Gasteiger partial charge in [0.15, 0.2) is 0 Å². The normalized spacial score (nSPS) is 21.0. The number of aromatic nitrogens is 2. The van der Waals surface area contributed by atoms with Crippen molar-refractivity contribution in [1.82, 2.24) is 14.7 Å². The van der Waals surface area contributed by atoms with Gasteiger partial charge in [0.1, 0.15) is 11.6 Å². The molecule has 5 nitrogen and oxygen atoms in total. The van der Waals surface area contributed by atoms with Crippen LogP contribution in [0.3, 0.4) is 0 Å². The zero-order valence-electron chi connectivity index (χ0n) is 16.1. The lowest BCUT2D eigenvalue weighted by molar-refractivity contribution is 0.102. The Labute approximate surface area is 165 Å². The average molecular weight is 382 g/mol. The molecule has 148 valence electrons. The number of hydrogen-bond donors (Lipinski definition) is 1. The number of carbonyl (C=O) groups is 1. The molecule has 0 radical (unpaired) electrons. The molecule has 4 rings (SSSR count). The molecule has 2 aliphatic rings. The van der Waals surface area contributed by atoms with Crippen molar-refractivity contribution in [2.75, 3.05) is 25.0 Å². The fraction of sp³-hybridized carbons (Fsp3) is 0.455. The molecule has 1 aliphatic heterocycles. The third-order valence-electron chi connectivity index (χ3n) is 5.83. The summed E-state index contributed by atoms with van der Waals surface area (Å²) in [7, 11) is 0. The number of nitrogens with zero attached hydrogens (tertiary/aromatic N) is 3. The van der Waals surface area contributed by atoms with Gasteiger partial charge in [-0.05, 0) is 50.2 Å². The van der Waals surface area contributed by atoms with Crippen molar-refractivity contribution in [3.05, 3.63) is 60.1 Å². The number of rotatable bonds is 5. The third kappa shape index (κ3) is 4.33.